The van der Waals surface area contributed by atoms with Crippen molar-refractivity contribution in [1.82, 2.24) is 19.5 Å². The predicted molar refractivity (Wildman–Crippen MR) is 112 cm³/mol. The van der Waals surface area contributed by atoms with Crippen LogP contribution < -0.4 is 5.73 Å². The maximum Gasteiger partial charge on any atom is 0.297 e. The van der Waals surface area contributed by atoms with Crippen LogP contribution in [-0.4, -0.2) is 58.3 Å². The van der Waals surface area contributed by atoms with E-state index < -0.39 is 40.5 Å². The van der Waals surface area contributed by atoms with E-state index in [-0.39, 0.29) is 17.3 Å². The van der Waals surface area contributed by atoms with E-state index >= 15 is 0 Å². The summed E-state index contributed by atoms with van der Waals surface area (Å²) < 4.78 is 51.2. The second kappa shape index (κ2) is 7.46. The van der Waals surface area contributed by atoms with Crippen LogP contribution in [-0.2, 0) is 35.1 Å². The number of anilines is 1. The molecule has 12 heteroatoms. The Kier molecular flexibility index (Phi) is 4.94. The number of hydrogen-bond acceptors (Lipinski definition) is 10. The van der Waals surface area contributed by atoms with Gasteiger partial charge in [0.2, 0.25) is 0 Å². The molecule has 11 nitrogen and oxygen atoms in total. The average Bonchev–Trinajstić information content (AvgIpc) is 3.35. The number of ether oxygens (including phenoxy) is 3. The van der Waals surface area contributed by atoms with Gasteiger partial charge in [0.05, 0.1) is 17.8 Å². The summed E-state index contributed by atoms with van der Waals surface area (Å²) in [5.74, 6) is -0.681. The van der Waals surface area contributed by atoms with Crippen molar-refractivity contribution in [3.8, 4) is 0 Å². The Hall–Kier alpha value is -2.64. The van der Waals surface area contributed by atoms with Gasteiger partial charge in [-0.05, 0) is 32.9 Å². The number of nitrogen functional groups attached to an aromatic ring is 1. The molecule has 5 rings (SSSR count). The first-order chi connectivity index (χ1) is 15.1. The number of aromatic nitrogens is 4. The van der Waals surface area contributed by atoms with E-state index in [1.54, 1.807) is 36.9 Å². The third-order valence-electron chi connectivity index (χ3n) is 5.44. The highest BCUT2D eigenvalue weighted by molar-refractivity contribution is 7.86. The van der Waals surface area contributed by atoms with Gasteiger partial charge >= 0.3 is 0 Å². The Labute approximate surface area is 184 Å². The first kappa shape index (κ1) is 21.2. The first-order valence-electron chi connectivity index (χ1n) is 10.1. The summed E-state index contributed by atoms with van der Waals surface area (Å²) in [6, 6.07) is 6.43. The van der Waals surface area contributed by atoms with E-state index in [1.165, 1.54) is 18.5 Å². The van der Waals surface area contributed by atoms with Crippen molar-refractivity contribution >= 4 is 27.1 Å². The van der Waals surface area contributed by atoms with E-state index in [4.69, 9.17) is 24.1 Å². The monoisotopic (exact) mass is 461 g/mol. The molecule has 4 heterocycles. The van der Waals surface area contributed by atoms with Gasteiger partial charge in [-0.3, -0.25) is 4.18 Å². The van der Waals surface area contributed by atoms with Crippen LogP contribution in [0, 0.1) is 6.92 Å². The fourth-order valence-corrected chi connectivity index (χ4v) is 5.05. The Morgan fingerprint density at radius 2 is 1.91 bits per heavy atom. The molecule has 0 bridgehead atoms. The smallest absolute Gasteiger partial charge is 0.297 e. The van der Waals surface area contributed by atoms with Gasteiger partial charge in [-0.15, -0.1) is 0 Å². The summed E-state index contributed by atoms with van der Waals surface area (Å²) >= 11 is 0. The second-order valence-corrected chi connectivity index (χ2v) is 9.87. The number of nitrogens with zero attached hydrogens (tertiary/aromatic N) is 4. The Morgan fingerprint density at radius 3 is 2.66 bits per heavy atom. The maximum absolute atomic E-state index is 13.0. The van der Waals surface area contributed by atoms with Crippen molar-refractivity contribution in [3.05, 3.63) is 42.5 Å². The molecule has 2 aliphatic rings. The van der Waals surface area contributed by atoms with Gasteiger partial charge in [0.15, 0.2) is 23.5 Å². The number of rotatable bonds is 5. The van der Waals surface area contributed by atoms with Crippen molar-refractivity contribution < 1.29 is 26.8 Å². The summed E-state index contributed by atoms with van der Waals surface area (Å²) in [5, 5.41) is 0. The SMILES string of the molecule is Cc1ccc(S(=O)(=O)O[C@@H]2[C@H]3OC(C)(C)O[C@H]3O[C@H]2Cn2cnc3c(N)ncnc32)cc1. The van der Waals surface area contributed by atoms with Crippen molar-refractivity contribution in [1.29, 1.82) is 0 Å². The predicted octanol–water partition coefficient (Wildman–Crippen LogP) is 1.37. The molecule has 0 saturated carbocycles. The van der Waals surface area contributed by atoms with Crippen molar-refractivity contribution in [3.63, 3.8) is 0 Å². The van der Waals surface area contributed by atoms with Gasteiger partial charge in [-0.25, -0.2) is 15.0 Å². The molecule has 1 aromatic carbocycles. The third kappa shape index (κ3) is 3.73. The first-order valence-corrected chi connectivity index (χ1v) is 11.5. The molecular formula is C20H23N5O6S. The second-order valence-electron chi connectivity index (χ2n) is 8.30. The zero-order valence-corrected chi connectivity index (χ0v) is 18.5. The van der Waals surface area contributed by atoms with Crippen LogP contribution >= 0.6 is 0 Å². The van der Waals surface area contributed by atoms with Crippen molar-refractivity contribution in [2.45, 2.75) is 62.6 Å². The van der Waals surface area contributed by atoms with E-state index in [1.807, 2.05) is 6.92 Å². The number of hydrogen-bond donors (Lipinski definition) is 1. The lowest BCUT2D eigenvalue weighted by Gasteiger charge is -2.25. The van der Waals surface area contributed by atoms with Crippen molar-refractivity contribution in [2.75, 3.05) is 5.73 Å². The Balaban J connectivity index is 1.46. The highest BCUT2D eigenvalue weighted by atomic mass is 32.2. The molecule has 2 aliphatic heterocycles. The zero-order valence-electron chi connectivity index (χ0n) is 17.7. The van der Waals surface area contributed by atoms with Crippen LogP contribution in [0.5, 0.6) is 0 Å². The average molecular weight is 462 g/mol. The molecule has 170 valence electrons. The molecule has 4 atom stereocenters. The molecule has 32 heavy (non-hydrogen) atoms. The minimum absolute atomic E-state index is 0.0528. The summed E-state index contributed by atoms with van der Waals surface area (Å²) in [5.41, 5.74) is 7.75. The summed E-state index contributed by atoms with van der Waals surface area (Å²) in [6.45, 7) is 5.54. The molecule has 0 aliphatic carbocycles. The van der Waals surface area contributed by atoms with Crippen LogP contribution in [0.15, 0.2) is 41.8 Å². The molecule has 0 amide bonds. The topological polar surface area (TPSA) is 141 Å². The molecule has 2 saturated heterocycles. The van der Waals surface area contributed by atoms with Gasteiger partial charge in [0.1, 0.15) is 30.2 Å². The molecular weight excluding hydrogens is 438 g/mol. The molecule has 3 aromatic rings. The molecule has 0 radical (unpaired) electrons. The van der Waals surface area contributed by atoms with Crippen LogP contribution in [0.25, 0.3) is 11.2 Å². The number of aryl methyl sites for hydroxylation is 1. The standard InChI is InChI=1S/C20H23N5O6S/c1-11-4-6-12(7-5-11)32(26,27)31-15-13(28-19-16(15)29-20(2,3)30-19)8-25-10-24-14-17(21)22-9-23-18(14)25/h4-7,9-10,13,15-16,19H,8H2,1-3H3,(H2,21,22,23)/t13-,15-,16+,19+/m0/s1. The van der Waals surface area contributed by atoms with Gasteiger partial charge in [-0.1, -0.05) is 17.7 Å². The highest BCUT2D eigenvalue weighted by Gasteiger charge is 2.56. The van der Waals surface area contributed by atoms with E-state index in [2.05, 4.69) is 15.0 Å². The largest absolute Gasteiger partial charge is 0.382 e. The zero-order chi connectivity index (χ0) is 22.7. The Morgan fingerprint density at radius 1 is 1.16 bits per heavy atom. The molecule has 0 unspecified atom stereocenters. The number of benzene rings is 1. The fourth-order valence-electron chi connectivity index (χ4n) is 3.94. The van der Waals surface area contributed by atoms with Crippen LogP contribution in [0.3, 0.4) is 0 Å². The fraction of sp³-hybridized carbons (Fsp3) is 0.450. The maximum atomic E-state index is 13.0. The number of imidazole rings is 1. The quantitative estimate of drug-likeness (QED) is 0.554. The van der Waals surface area contributed by atoms with Gasteiger partial charge in [0.25, 0.3) is 10.1 Å². The minimum Gasteiger partial charge on any atom is -0.382 e. The van der Waals surface area contributed by atoms with Crippen LogP contribution in [0.2, 0.25) is 0 Å². The van der Waals surface area contributed by atoms with E-state index in [9.17, 15) is 8.42 Å². The minimum atomic E-state index is -4.08. The number of nitrogens with two attached hydrogens (primary N) is 1. The summed E-state index contributed by atoms with van der Waals surface area (Å²) in [7, 11) is -4.08. The lowest BCUT2D eigenvalue weighted by molar-refractivity contribution is -0.214. The lowest BCUT2D eigenvalue weighted by Crippen LogP contribution is -2.40. The van der Waals surface area contributed by atoms with E-state index in [0.717, 1.165) is 5.56 Å². The number of fused-ring (bicyclic) bond motifs is 2. The van der Waals surface area contributed by atoms with Gasteiger partial charge < -0.3 is 24.5 Å². The highest BCUT2D eigenvalue weighted by Crippen LogP contribution is 2.40. The summed E-state index contributed by atoms with van der Waals surface area (Å²) in [6.07, 6.45) is -0.290. The van der Waals surface area contributed by atoms with Crippen molar-refractivity contribution in [2.24, 2.45) is 0 Å². The summed E-state index contributed by atoms with van der Waals surface area (Å²) in [4.78, 5) is 12.5. The molecule has 2 fully saturated rings. The van der Waals surface area contributed by atoms with E-state index in [0.29, 0.717) is 11.2 Å². The normalized spacial score (nSPS) is 27.1. The van der Waals surface area contributed by atoms with Gasteiger partial charge in [0, 0.05) is 0 Å². The third-order valence-corrected chi connectivity index (χ3v) is 6.77. The lowest BCUT2D eigenvalue weighted by atomic mass is 10.1. The molecule has 2 N–H and O–H groups in total. The van der Waals surface area contributed by atoms with Gasteiger partial charge in [-0.2, -0.15) is 8.42 Å². The molecule has 0 spiro atoms. The Bertz CT molecular complexity index is 1260. The van der Waals surface area contributed by atoms with Crippen LogP contribution in [0.1, 0.15) is 19.4 Å². The molecule has 2 aromatic heterocycles. The van der Waals surface area contributed by atoms with Crippen LogP contribution in [0.4, 0.5) is 5.82 Å².